The molecule has 0 saturated heterocycles. The Bertz CT molecular complexity index is 222. The van der Waals surface area contributed by atoms with Crippen molar-refractivity contribution in [1.29, 1.82) is 0 Å². The lowest BCUT2D eigenvalue weighted by Crippen LogP contribution is -2.36. The molecule has 19 heavy (non-hydrogen) atoms. The van der Waals surface area contributed by atoms with Crippen LogP contribution in [0.4, 0.5) is 0 Å². The van der Waals surface area contributed by atoms with Crippen molar-refractivity contribution in [3.05, 3.63) is 0 Å². The van der Waals surface area contributed by atoms with Gasteiger partial charge >= 0.3 is 0 Å². The predicted octanol–water partition coefficient (Wildman–Crippen LogP) is 5.40. The second kappa shape index (κ2) is 9.00. The van der Waals surface area contributed by atoms with Crippen molar-refractivity contribution < 1.29 is 0 Å². The molecular weight excluding hydrogens is 230 g/mol. The van der Waals surface area contributed by atoms with Crippen LogP contribution in [0, 0.1) is 17.3 Å². The van der Waals surface area contributed by atoms with Crippen LogP contribution in [0.3, 0.4) is 0 Å². The smallest absolute Gasteiger partial charge is 0.00180 e. The first-order valence-corrected chi connectivity index (χ1v) is 8.79. The van der Waals surface area contributed by atoms with Gasteiger partial charge in [-0.2, -0.15) is 0 Å². The Morgan fingerprint density at radius 2 is 1.74 bits per heavy atom. The molecule has 0 heterocycles. The van der Waals surface area contributed by atoms with E-state index in [9.17, 15) is 0 Å². The summed E-state index contributed by atoms with van der Waals surface area (Å²) in [6.45, 7) is 11.9. The molecule has 1 saturated carbocycles. The molecule has 0 amide bonds. The van der Waals surface area contributed by atoms with Crippen molar-refractivity contribution in [2.75, 3.05) is 13.1 Å². The highest BCUT2D eigenvalue weighted by Crippen LogP contribution is 2.43. The summed E-state index contributed by atoms with van der Waals surface area (Å²) in [4.78, 5) is 0. The van der Waals surface area contributed by atoms with E-state index in [1.807, 2.05) is 0 Å². The van der Waals surface area contributed by atoms with Gasteiger partial charge in [-0.05, 0) is 49.6 Å². The van der Waals surface area contributed by atoms with Crippen LogP contribution >= 0.6 is 0 Å². The number of hydrogen-bond acceptors (Lipinski definition) is 1. The van der Waals surface area contributed by atoms with Gasteiger partial charge in [-0.3, -0.25) is 0 Å². The van der Waals surface area contributed by atoms with Gasteiger partial charge in [0.15, 0.2) is 0 Å². The maximum Gasteiger partial charge on any atom is -0.00180 e. The Morgan fingerprint density at radius 1 is 1.00 bits per heavy atom. The fourth-order valence-corrected chi connectivity index (χ4v) is 3.74. The zero-order valence-electron chi connectivity index (χ0n) is 13.9. The van der Waals surface area contributed by atoms with E-state index >= 15 is 0 Å². The van der Waals surface area contributed by atoms with Gasteiger partial charge in [-0.1, -0.05) is 66.2 Å². The van der Waals surface area contributed by atoms with E-state index in [-0.39, 0.29) is 0 Å². The van der Waals surface area contributed by atoms with Gasteiger partial charge in [0.2, 0.25) is 0 Å². The summed E-state index contributed by atoms with van der Waals surface area (Å²) in [6.07, 6.45) is 13.0. The number of hydrogen-bond donors (Lipinski definition) is 1. The van der Waals surface area contributed by atoms with E-state index in [0.717, 1.165) is 18.4 Å². The Labute approximate surface area is 121 Å². The fourth-order valence-electron chi connectivity index (χ4n) is 3.74. The molecule has 2 atom stereocenters. The molecule has 1 N–H and O–H groups in total. The number of unbranched alkanes of at least 4 members (excludes halogenated alkanes) is 4. The van der Waals surface area contributed by atoms with E-state index in [0.29, 0.717) is 5.41 Å². The molecular formula is C18H37N. The minimum Gasteiger partial charge on any atom is -0.317 e. The van der Waals surface area contributed by atoms with Crippen molar-refractivity contribution in [2.24, 2.45) is 17.3 Å². The van der Waals surface area contributed by atoms with Crippen molar-refractivity contribution in [2.45, 2.75) is 85.5 Å². The van der Waals surface area contributed by atoms with E-state index < -0.39 is 0 Å². The van der Waals surface area contributed by atoms with Crippen LogP contribution in [0.1, 0.15) is 85.5 Å². The summed E-state index contributed by atoms with van der Waals surface area (Å²) in [5.74, 6) is 1.92. The molecule has 0 aromatic heterocycles. The van der Waals surface area contributed by atoms with Crippen molar-refractivity contribution in [1.82, 2.24) is 5.32 Å². The summed E-state index contributed by atoms with van der Waals surface area (Å²) in [6, 6.07) is 0. The Balaban J connectivity index is 2.33. The lowest BCUT2D eigenvalue weighted by atomic mass is 9.66. The summed E-state index contributed by atoms with van der Waals surface area (Å²) in [7, 11) is 0. The van der Waals surface area contributed by atoms with Crippen molar-refractivity contribution in [3.63, 3.8) is 0 Å². The van der Waals surface area contributed by atoms with E-state index in [2.05, 4.69) is 33.0 Å². The minimum atomic E-state index is 0.594. The van der Waals surface area contributed by atoms with Gasteiger partial charge in [-0.25, -0.2) is 0 Å². The first kappa shape index (κ1) is 17.0. The summed E-state index contributed by atoms with van der Waals surface area (Å²) < 4.78 is 0. The third kappa shape index (κ3) is 6.79. The van der Waals surface area contributed by atoms with Crippen LogP contribution in [0.25, 0.3) is 0 Å². The first-order chi connectivity index (χ1) is 9.09. The van der Waals surface area contributed by atoms with E-state index in [1.54, 1.807) is 0 Å². The lowest BCUT2D eigenvalue weighted by molar-refractivity contribution is 0.108. The molecule has 0 aromatic carbocycles. The molecule has 0 aliphatic heterocycles. The SMILES string of the molecule is CCCCCCCC1CC(C)(C)CCC1CNCC. The second-order valence-corrected chi connectivity index (χ2v) is 7.44. The minimum absolute atomic E-state index is 0.594. The van der Waals surface area contributed by atoms with Crippen LogP contribution in [-0.4, -0.2) is 13.1 Å². The zero-order chi connectivity index (χ0) is 14.1. The highest BCUT2D eigenvalue weighted by atomic mass is 14.8. The van der Waals surface area contributed by atoms with Crippen LogP contribution < -0.4 is 5.32 Å². The van der Waals surface area contributed by atoms with Gasteiger partial charge in [0.05, 0.1) is 0 Å². The fraction of sp³-hybridized carbons (Fsp3) is 1.00. The highest BCUT2D eigenvalue weighted by Gasteiger charge is 2.33. The lowest BCUT2D eigenvalue weighted by Gasteiger charge is -2.41. The topological polar surface area (TPSA) is 12.0 Å². The third-order valence-electron chi connectivity index (χ3n) is 5.01. The molecule has 1 heteroatoms. The Morgan fingerprint density at radius 3 is 2.42 bits per heavy atom. The van der Waals surface area contributed by atoms with Gasteiger partial charge in [0.25, 0.3) is 0 Å². The van der Waals surface area contributed by atoms with Gasteiger partial charge in [-0.15, -0.1) is 0 Å². The first-order valence-electron chi connectivity index (χ1n) is 8.79. The monoisotopic (exact) mass is 267 g/mol. The van der Waals surface area contributed by atoms with Crippen molar-refractivity contribution in [3.8, 4) is 0 Å². The molecule has 1 fully saturated rings. The predicted molar refractivity (Wildman–Crippen MR) is 86.5 cm³/mol. The average Bonchev–Trinajstić information content (AvgIpc) is 2.37. The standard InChI is InChI=1S/C18H37N/c1-5-7-8-9-10-11-16-14-18(3,4)13-12-17(16)15-19-6-2/h16-17,19H,5-15H2,1-4H3. The Hall–Kier alpha value is -0.0400. The Kier molecular flexibility index (Phi) is 8.06. The summed E-state index contributed by atoms with van der Waals surface area (Å²) in [5.41, 5.74) is 0.594. The number of rotatable bonds is 9. The molecule has 2 unspecified atom stereocenters. The summed E-state index contributed by atoms with van der Waals surface area (Å²) in [5, 5.41) is 3.59. The molecule has 1 aliphatic carbocycles. The maximum atomic E-state index is 3.59. The number of nitrogens with one attached hydrogen (secondary N) is 1. The molecule has 0 aromatic rings. The van der Waals surface area contributed by atoms with Crippen LogP contribution in [0.15, 0.2) is 0 Å². The van der Waals surface area contributed by atoms with Crippen molar-refractivity contribution >= 4 is 0 Å². The summed E-state index contributed by atoms with van der Waals surface area (Å²) >= 11 is 0. The molecule has 0 bridgehead atoms. The molecule has 0 radical (unpaired) electrons. The average molecular weight is 268 g/mol. The van der Waals surface area contributed by atoms with Crippen LogP contribution in [-0.2, 0) is 0 Å². The second-order valence-electron chi connectivity index (χ2n) is 7.44. The van der Waals surface area contributed by atoms with E-state index in [4.69, 9.17) is 0 Å². The van der Waals surface area contributed by atoms with Gasteiger partial charge in [0.1, 0.15) is 0 Å². The van der Waals surface area contributed by atoms with Gasteiger partial charge in [0, 0.05) is 0 Å². The normalized spacial score (nSPS) is 26.5. The maximum absolute atomic E-state index is 3.59. The third-order valence-corrected chi connectivity index (χ3v) is 5.01. The highest BCUT2D eigenvalue weighted by molar-refractivity contribution is 4.85. The van der Waals surface area contributed by atoms with E-state index in [1.165, 1.54) is 64.3 Å². The van der Waals surface area contributed by atoms with Crippen LogP contribution in [0.2, 0.25) is 0 Å². The van der Waals surface area contributed by atoms with Gasteiger partial charge < -0.3 is 5.32 Å². The van der Waals surface area contributed by atoms with Crippen LogP contribution in [0.5, 0.6) is 0 Å². The molecule has 114 valence electrons. The largest absolute Gasteiger partial charge is 0.317 e. The molecule has 1 rings (SSSR count). The quantitative estimate of drug-likeness (QED) is 0.552. The molecule has 1 nitrogen and oxygen atoms in total. The molecule has 0 spiro atoms. The molecule has 1 aliphatic rings. The zero-order valence-corrected chi connectivity index (χ0v) is 13.9.